The molecule has 1 unspecified atom stereocenters. The van der Waals surface area contributed by atoms with Crippen LogP contribution in [-0.2, 0) is 4.74 Å². The zero-order valence-corrected chi connectivity index (χ0v) is 6.55. The van der Waals surface area contributed by atoms with Crippen LogP contribution >= 0.6 is 0 Å². The van der Waals surface area contributed by atoms with Crippen molar-refractivity contribution in [3.63, 3.8) is 0 Å². The Hall–Kier alpha value is -0.380. The van der Waals surface area contributed by atoms with Gasteiger partial charge in [0.25, 0.3) is 0 Å². The summed E-state index contributed by atoms with van der Waals surface area (Å²) in [6.07, 6.45) is 1.64. The maximum absolute atomic E-state index is 9.28. The van der Waals surface area contributed by atoms with Gasteiger partial charge in [-0.1, -0.05) is 6.08 Å². The summed E-state index contributed by atoms with van der Waals surface area (Å²) in [7, 11) is 1.68. The van der Waals surface area contributed by atoms with Crippen LogP contribution in [0.3, 0.4) is 0 Å². The van der Waals surface area contributed by atoms with E-state index in [-0.39, 0.29) is 6.61 Å². The summed E-state index contributed by atoms with van der Waals surface area (Å²) in [6, 6.07) is 0. The lowest BCUT2D eigenvalue weighted by atomic mass is 10.3. The molecule has 0 aliphatic carbocycles. The molecule has 0 aliphatic heterocycles. The first-order valence-electron chi connectivity index (χ1n) is 3.22. The van der Waals surface area contributed by atoms with Crippen LogP contribution in [0.1, 0.15) is 6.92 Å². The third-order valence-electron chi connectivity index (χ3n) is 1.16. The molecule has 0 saturated heterocycles. The van der Waals surface area contributed by atoms with Gasteiger partial charge in [-0.2, -0.15) is 0 Å². The zero-order chi connectivity index (χ0) is 8.04. The fourth-order valence-corrected chi connectivity index (χ4v) is 0.413. The van der Waals surface area contributed by atoms with Crippen molar-refractivity contribution in [2.45, 2.75) is 12.6 Å². The van der Waals surface area contributed by atoms with Gasteiger partial charge in [0.15, 0.2) is 0 Å². The highest BCUT2D eigenvalue weighted by molar-refractivity contribution is 4.68. The van der Waals surface area contributed by atoms with Crippen molar-refractivity contribution >= 4 is 0 Å². The standard InChI is InChI=1S/C7H15NO2/c1-4-5-10-6-7(2,9)8-3/h4,8-9H,1,5-6H2,2-3H3. The normalized spacial score (nSPS) is 16.3. The fraction of sp³-hybridized carbons (Fsp3) is 0.714. The van der Waals surface area contributed by atoms with E-state index in [1.54, 1.807) is 20.0 Å². The Morgan fingerprint density at radius 3 is 2.80 bits per heavy atom. The second-order valence-corrected chi connectivity index (χ2v) is 2.33. The molecule has 0 amide bonds. The number of hydrogen-bond donors (Lipinski definition) is 2. The highest BCUT2D eigenvalue weighted by atomic mass is 16.5. The average Bonchev–Trinajstić information content (AvgIpc) is 1.89. The minimum Gasteiger partial charge on any atom is -0.374 e. The van der Waals surface area contributed by atoms with Crippen molar-refractivity contribution in [3.8, 4) is 0 Å². The summed E-state index contributed by atoms with van der Waals surface area (Å²) in [5, 5.41) is 12.0. The summed E-state index contributed by atoms with van der Waals surface area (Å²) in [5.74, 6) is 0. The van der Waals surface area contributed by atoms with Gasteiger partial charge in [0.1, 0.15) is 5.72 Å². The van der Waals surface area contributed by atoms with Crippen molar-refractivity contribution in [1.29, 1.82) is 0 Å². The quantitative estimate of drug-likeness (QED) is 0.328. The molecule has 0 aliphatic rings. The largest absolute Gasteiger partial charge is 0.374 e. The highest BCUT2D eigenvalue weighted by Gasteiger charge is 2.15. The van der Waals surface area contributed by atoms with Crippen LogP contribution in [0.25, 0.3) is 0 Å². The van der Waals surface area contributed by atoms with Gasteiger partial charge < -0.3 is 9.84 Å². The van der Waals surface area contributed by atoms with Crippen LogP contribution in [0.15, 0.2) is 12.7 Å². The minimum atomic E-state index is -0.928. The molecule has 0 spiro atoms. The van der Waals surface area contributed by atoms with Gasteiger partial charge in [0.05, 0.1) is 13.2 Å². The van der Waals surface area contributed by atoms with Crippen LogP contribution < -0.4 is 5.32 Å². The Morgan fingerprint density at radius 1 is 1.80 bits per heavy atom. The molecule has 10 heavy (non-hydrogen) atoms. The van der Waals surface area contributed by atoms with Crippen LogP contribution in [-0.4, -0.2) is 31.1 Å². The second-order valence-electron chi connectivity index (χ2n) is 2.33. The number of rotatable bonds is 5. The molecule has 0 radical (unpaired) electrons. The molecule has 0 aromatic carbocycles. The molecule has 1 atom stereocenters. The number of ether oxygens (including phenoxy) is 1. The lowest BCUT2D eigenvalue weighted by Gasteiger charge is -2.21. The van der Waals surface area contributed by atoms with E-state index in [1.807, 2.05) is 0 Å². The molecule has 0 saturated carbocycles. The first-order chi connectivity index (χ1) is 4.62. The number of likely N-dealkylation sites (N-methyl/N-ethyl adjacent to an activating group) is 1. The van der Waals surface area contributed by atoms with E-state index < -0.39 is 5.72 Å². The SMILES string of the molecule is C=CCOCC(C)(O)NC. The number of hydrogen-bond acceptors (Lipinski definition) is 3. The number of aliphatic hydroxyl groups is 1. The van der Waals surface area contributed by atoms with Gasteiger partial charge in [0, 0.05) is 0 Å². The molecular formula is C7H15NO2. The first-order valence-corrected chi connectivity index (χ1v) is 3.22. The van der Waals surface area contributed by atoms with E-state index in [4.69, 9.17) is 4.74 Å². The Kier molecular flexibility index (Phi) is 4.27. The van der Waals surface area contributed by atoms with Crippen molar-refractivity contribution in [3.05, 3.63) is 12.7 Å². The Bertz CT molecular complexity index is 102. The molecule has 0 heterocycles. The van der Waals surface area contributed by atoms with Crippen molar-refractivity contribution < 1.29 is 9.84 Å². The van der Waals surface area contributed by atoms with E-state index >= 15 is 0 Å². The molecule has 0 rings (SSSR count). The Morgan fingerprint density at radius 2 is 2.40 bits per heavy atom. The summed E-state index contributed by atoms with van der Waals surface area (Å²) in [5.41, 5.74) is -0.928. The molecule has 3 heteroatoms. The lowest BCUT2D eigenvalue weighted by molar-refractivity contribution is -0.0450. The number of nitrogens with one attached hydrogen (secondary N) is 1. The van der Waals surface area contributed by atoms with Crippen LogP contribution in [0.4, 0.5) is 0 Å². The summed E-state index contributed by atoms with van der Waals surface area (Å²) < 4.78 is 5.01. The molecule has 0 bridgehead atoms. The van der Waals surface area contributed by atoms with E-state index in [9.17, 15) is 5.11 Å². The molecule has 2 N–H and O–H groups in total. The van der Waals surface area contributed by atoms with Crippen LogP contribution in [0.5, 0.6) is 0 Å². The second kappa shape index (κ2) is 4.44. The van der Waals surface area contributed by atoms with Gasteiger partial charge in [-0.15, -0.1) is 6.58 Å². The van der Waals surface area contributed by atoms with E-state index in [2.05, 4.69) is 11.9 Å². The minimum absolute atomic E-state index is 0.273. The predicted molar refractivity (Wildman–Crippen MR) is 40.7 cm³/mol. The monoisotopic (exact) mass is 145 g/mol. The van der Waals surface area contributed by atoms with Gasteiger partial charge in [0.2, 0.25) is 0 Å². The predicted octanol–water partition coefficient (Wildman–Crippen LogP) is 0.117. The van der Waals surface area contributed by atoms with E-state index in [0.29, 0.717) is 6.61 Å². The summed E-state index contributed by atoms with van der Waals surface area (Å²) >= 11 is 0. The Labute approximate surface area is 61.7 Å². The summed E-state index contributed by atoms with van der Waals surface area (Å²) in [4.78, 5) is 0. The lowest BCUT2D eigenvalue weighted by Crippen LogP contribution is -2.43. The van der Waals surface area contributed by atoms with Crippen LogP contribution in [0, 0.1) is 0 Å². The summed E-state index contributed by atoms with van der Waals surface area (Å²) in [6.45, 7) is 5.87. The molecule has 0 fully saturated rings. The molecule has 3 nitrogen and oxygen atoms in total. The van der Waals surface area contributed by atoms with Crippen molar-refractivity contribution in [2.24, 2.45) is 0 Å². The van der Waals surface area contributed by atoms with Gasteiger partial charge in [-0.05, 0) is 14.0 Å². The zero-order valence-electron chi connectivity index (χ0n) is 6.55. The van der Waals surface area contributed by atoms with Gasteiger partial charge in [-0.3, -0.25) is 5.32 Å². The van der Waals surface area contributed by atoms with Crippen LogP contribution in [0.2, 0.25) is 0 Å². The molecule has 0 aromatic rings. The van der Waals surface area contributed by atoms with Gasteiger partial charge >= 0.3 is 0 Å². The highest BCUT2D eigenvalue weighted by Crippen LogP contribution is 1.96. The van der Waals surface area contributed by atoms with Crippen molar-refractivity contribution in [1.82, 2.24) is 5.32 Å². The first kappa shape index (κ1) is 9.62. The molecule has 60 valence electrons. The molecular weight excluding hydrogens is 130 g/mol. The topological polar surface area (TPSA) is 41.5 Å². The maximum Gasteiger partial charge on any atom is 0.136 e. The fourth-order valence-electron chi connectivity index (χ4n) is 0.413. The van der Waals surface area contributed by atoms with Gasteiger partial charge in [-0.25, -0.2) is 0 Å². The third-order valence-corrected chi connectivity index (χ3v) is 1.16. The maximum atomic E-state index is 9.28. The average molecular weight is 145 g/mol. The van der Waals surface area contributed by atoms with E-state index in [1.165, 1.54) is 0 Å². The smallest absolute Gasteiger partial charge is 0.136 e. The molecule has 0 aromatic heterocycles. The van der Waals surface area contributed by atoms with Crippen molar-refractivity contribution in [2.75, 3.05) is 20.3 Å². The van der Waals surface area contributed by atoms with E-state index in [0.717, 1.165) is 0 Å². The third kappa shape index (κ3) is 4.49. The Balaban J connectivity index is 3.36.